The van der Waals surface area contributed by atoms with Crippen LogP contribution in [0.2, 0.25) is 0 Å². The molecule has 28 heavy (non-hydrogen) atoms. The van der Waals surface area contributed by atoms with Gasteiger partial charge < -0.3 is 24.3 Å². The Hall–Kier alpha value is -1.35. The lowest BCUT2D eigenvalue weighted by Crippen LogP contribution is -2.41. The van der Waals surface area contributed by atoms with Crippen LogP contribution >= 0.6 is 24.8 Å². The van der Waals surface area contributed by atoms with Crippen LogP contribution in [0.15, 0.2) is 12.5 Å². The molecule has 1 N–H and O–H groups in total. The number of methoxy groups -OCH3 is 1. The van der Waals surface area contributed by atoms with Gasteiger partial charge in [-0.2, -0.15) is 0 Å². The van der Waals surface area contributed by atoms with E-state index in [0.29, 0.717) is 31.4 Å². The number of amides is 1. The summed E-state index contributed by atoms with van der Waals surface area (Å²) in [7, 11) is 1.37. The molecule has 0 atom stereocenters. The van der Waals surface area contributed by atoms with Crippen molar-refractivity contribution < 1.29 is 19.1 Å². The number of likely N-dealkylation sites (tertiary alicyclic amines) is 1. The summed E-state index contributed by atoms with van der Waals surface area (Å²) in [6.45, 7) is 3.70. The summed E-state index contributed by atoms with van der Waals surface area (Å²) < 4.78 is 12.4. The molecule has 3 rings (SSSR count). The summed E-state index contributed by atoms with van der Waals surface area (Å²) >= 11 is 0. The number of hydrogen-bond donors (Lipinski definition) is 1. The van der Waals surface area contributed by atoms with Gasteiger partial charge in [0.05, 0.1) is 32.6 Å². The number of nitrogens with one attached hydrogen (secondary N) is 1. The molecule has 0 aromatic carbocycles. The number of imidazole rings is 1. The molecule has 0 saturated carbocycles. The second-order valence-corrected chi connectivity index (χ2v) is 6.88. The fourth-order valence-corrected chi connectivity index (χ4v) is 3.55. The molecule has 0 unspecified atom stereocenters. The van der Waals surface area contributed by atoms with E-state index in [1.54, 1.807) is 6.33 Å². The monoisotopic (exact) mass is 436 g/mol. The van der Waals surface area contributed by atoms with Gasteiger partial charge in [0.2, 0.25) is 0 Å². The van der Waals surface area contributed by atoms with Crippen LogP contribution in [0.1, 0.15) is 48.6 Å². The third-order valence-corrected chi connectivity index (χ3v) is 5.17. The Morgan fingerprint density at radius 2 is 1.86 bits per heavy atom. The standard InChI is InChI=1S/C18H28N4O4.2ClH/c1-25-17(23)6-11-26-15-4-9-21(10-5-15)18(24)16-12-22(13-20-16)14-2-7-19-8-3-14;;/h12-15,19H,2-11H2,1H3;2*1H. The molecule has 10 heteroatoms. The highest BCUT2D eigenvalue weighted by atomic mass is 35.5. The Morgan fingerprint density at radius 1 is 1.18 bits per heavy atom. The average molecular weight is 437 g/mol. The minimum atomic E-state index is -0.262. The highest BCUT2D eigenvalue weighted by molar-refractivity contribution is 5.92. The first kappa shape index (κ1) is 24.7. The second-order valence-electron chi connectivity index (χ2n) is 6.88. The average Bonchev–Trinajstić information content (AvgIpc) is 3.19. The maximum Gasteiger partial charge on any atom is 0.307 e. The Morgan fingerprint density at radius 3 is 2.50 bits per heavy atom. The predicted molar refractivity (Wildman–Crippen MR) is 109 cm³/mol. The number of piperidine rings is 2. The quantitative estimate of drug-likeness (QED) is 0.684. The lowest BCUT2D eigenvalue weighted by molar-refractivity contribution is -0.142. The van der Waals surface area contributed by atoms with Crippen LogP contribution in [-0.2, 0) is 14.3 Å². The molecule has 160 valence electrons. The van der Waals surface area contributed by atoms with Crippen molar-refractivity contribution in [1.29, 1.82) is 0 Å². The van der Waals surface area contributed by atoms with E-state index in [4.69, 9.17) is 4.74 Å². The number of esters is 1. The highest BCUT2D eigenvalue weighted by Gasteiger charge is 2.26. The van der Waals surface area contributed by atoms with E-state index in [2.05, 4.69) is 19.6 Å². The van der Waals surface area contributed by atoms with E-state index in [0.717, 1.165) is 38.8 Å². The Labute approximate surface area is 178 Å². The van der Waals surface area contributed by atoms with Crippen LogP contribution in [0.5, 0.6) is 0 Å². The Kier molecular flexibility index (Phi) is 10.8. The number of carbonyl (C=O) groups is 2. The largest absolute Gasteiger partial charge is 0.469 e. The van der Waals surface area contributed by atoms with Gasteiger partial charge in [-0.3, -0.25) is 9.59 Å². The van der Waals surface area contributed by atoms with Gasteiger partial charge in [0.25, 0.3) is 5.91 Å². The number of aromatic nitrogens is 2. The van der Waals surface area contributed by atoms with Gasteiger partial charge in [-0.15, -0.1) is 24.8 Å². The predicted octanol–water partition coefficient (Wildman–Crippen LogP) is 1.84. The summed E-state index contributed by atoms with van der Waals surface area (Å²) in [6, 6.07) is 0.430. The third-order valence-electron chi connectivity index (χ3n) is 5.17. The maximum atomic E-state index is 12.7. The summed E-state index contributed by atoms with van der Waals surface area (Å²) in [4.78, 5) is 30.0. The van der Waals surface area contributed by atoms with Crippen molar-refractivity contribution in [3.63, 3.8) is 0 Å². The number of ether oxygens (including phenoxy) is 2. The van der Waals surface area contributed by atoms with Gasteiger partial charge in [0.15, 0.2) is 0 Å². The summed E-state index contributed by atoms with van der Waals surface area (Å²) in [6.07, 6.45) is 7.73. The van der Waals surface area contributed by atoms with Gasteiger partial charge in [-0.25, -0.2) is 4.98 Å². The molecule has 8 nitrogen and oxygen atoms in total. The zero-order valence-corrected chi connectivity index (χ0v) is 17.8. The zero-order chi connectivity index (χ0) is 18.4. The summed E-state index contributed by atoms with van der Waals surface area (Å²) in [5, 5.41) is 3.35. The van der Waals surface area contributed by atoms with Gasteiger partial charge >= 0.3 is 5.97 Å². The first-order valence-electron chi connectivity index (χ1n) is 9.39. The van der Waals surface area contributed by atoms with Gasteiger partial charge in [0, 0.05) is 25.3 Å². The zero-order valence-electron chi connectivity index (χ0n) is 16.2. The molecule has 0 radical (unpaired) electrons. The number of nitrogens with zero attached hydrogens (tertiary/aromatic N) is 3. The lowest BCUT2D eigenvalue weighted by atomic mass is 10.1. The Bertz CT molecular complexity index is 614. The molecule has 0 spiro atoms. The fraction of sp³-hybridized carbons (Fsp3) is 0.722. The number of halogens is 2. The molecule has 2 aliphatic rings. The molecular formula is C18H30Cl2N4O4. The minimum absolute atomic E-state index is 0. The molecule has 3 heterocycles. The SMILES string of the molecule is COC(=O)CCOC1CCN(C(=O)c2cn(C3CCNCC3)cn2)CC1.Cl.Cl. The molecule has 1 aromatic rings. The normalized spacial score (nSPS) is 18.1. The van der Waals surface area contributed by atoms with Crippen molar-refractivity contribution in [3.05, 3.63) is 18.2 Å². The van der Waals surface area contributed by atoms with E-state index >= 15 is 0 Å². The first-order valence-corrected chi connectivity index (χ1v) is 9.39. The smallest absolute Gasteiger partial charge is 0.307 e. The summed E-state index contributed by atoms with van der Waals surface area (Å²) in [5.74, 6) is -0.271. The molecule has 1 aromatic heterocycles. The fourth-order valence-electron chi connectivity index (χ4n) is 3.55. The van der Waals surface area contributed by atoms with Crippen LogP contribution in [0.4, 0.5) is 0 Å². The lowest BCUT2D eigenvalue weighted by Gasteiger charge is -2.31. The van der Waals surface area contributed by atoms with Crippen LogP contribution in [0.25, 0.3) is 0 Å². The molecule has 2 fully saturated rings. The van der Waals surface area contributed by atoms with Crippen molar-refractivity contribution in [1.82, 2.24) is 19.8 Å². The van der Waals surface area contributed by atoms with Crippen molar-refractivity contribution in [2.45, 2.75) is 44.2 Å². The second kappa shape index (κ2) is 12.3. The number of carbonyl (C=O) groups excluding carboxylic acids is 2. The van der Waals surface area contributed by atoms with Crippen LogP contribution in [-0.4, -0.2) is 72.3 Å². The van der Waals surface area contributed by atoms with Crippen molar-refractivity contribution in [3.8, 4) is 0 Å². The van der Waals surface area contributed by atoms with E-state index in [1.807, 2.05) is 11.1 Å². The molecule has 0 aliphatic carbocycles. The Balaban J connectivity index is 0.00000196. The van der Waals surface area contributed by atoms with E-state index in [-0.39, 0.29) is 49.2 Å². The van der Waals surface area contributed by atoms with Crippen molar-refractivity contribution in [2.24, 2.45) is 0 Å². The van der Waals surface area contributed by atoms with Crippen LogP contribution in [0, 0.1) is 0 Å². The van der Waals surface area contributed by atoms with Crippen molar-refractivity contribution in [2.75, 3.05) is 39.9 Å². The van der Waals surface area contributed by atoms with Gasteiger partial charge in [-0.05, 0) is 38.8 Å². The van der Waals surface area contributed by atoms with Crippen LogP contribution in [0.3, 0.4) is 0 Å². The van der Waals surface area contributed by atoms with Crippen LogP contribution < -0.4 is 5.32 Å². The van der Waals surface area contributed by atoms with E-state index in [9.17, 15) is 9.59 Å². The number of rotatable bonds is 6. The number of hydrogen-bond acceptors (Lipinski definition) is 6. The molecule has 0 bridgehead atoms. The van der Waals surface area contributed by atoms with Crippen molar-refractivity contribution >= 4 is 36.7 Å². The summed E-state index contributed by atoms with van der Waals surface area (Å²) in [5.41, 5.74) is 0.522. The third kappa shape index (κ3) is 6.62. The molecular weight excluding hydrogens is 407 g/mol. The van der Waals surface area contributed by atoms with E-state index in [1.165, 1.54) is 7.11 Å². The molecule has 2 saturated heterocycles. The van der Waals surface area contributed by atoms with Gasteiger partial charge in [0.1, 0.15) is 5.69 Å². The first-order chi connectivity index (χ1) is 12.7. The highest BCUT2D eigenvalue weighted by Crippen LogP contribution is 2.20. The van der Waals surface area contributed by atoms with Gasteiger partial charge in [-0.1, -0.05) is 0 Å². The topological polar surface area (TPSA) is 85.7 Å². The maximum absolute atomic E-state index is 12.7. The molecule has 2 aliphatic heterocycles. The van der Waals surface area contributed by atoms with E-state index < -0.39 is 0 Å². The molecule has 1 amide bonds. The minimum Gasteiger partial charge on any atom is -0.469 e.